The summed E-state index contributed by atoms with van der Waals surface area (Å²) in [6.45, 7) is 4.68. The molecule has 0 aromatic carbocycles. The van der Waals surface area contributed by atoms with Crippen molar-refractivity contribution in [1.82, 2.24) is 4.90 Å². The van der Waals surface area contributed by atoms with Crippen molar-refractivity contribution < 1.29 is 9.59 Å². The molecular weight excluding hydrogens is 286 g/mol. The third-order valence-corrected chi connectivity index (χ3v) is 5.74. The zero-order valence-electron chi connectivity index (χ0n) is 15.2. The van der Waals surface area contributed by atoms with E-state index in [4.69, 9.17) is 0 Å². The highest BCUT2D eigenvalue weighted by atomic mass is 16.2. The molecule has 0 radical (unpaired) electrons. The summed E-state index contributed by atoms with van der Waals surface area (Å²) in [5.74, 6) is 2.43. The van der Waals surface area contributed by atoms with Gasteiger partial charge in [-0.1, -0.05) is 51.9 Å². The van der Waals surface area contributed by atoms with Crippen LogP contribution in [0, 0.1) is 11.8 Å². The van der Waals surface area contributed by atoms with Gasteiger partial charge in [-0.3, -0.25) is 9.59 Å². The smallest absolute Gasteiger partial charge is 0.223 e. The minimum Gasteiger partial charge on any atom is -0.333 e. The SMILES string of the molecule is CCCC1C[C@H]1CCCCCCCC(=O)N1CCC[C@H]1C(C)=O. The molecule has 1 saturated heterocycles. The van der Waals surface area contributed by atoms with Gasteiger partial charge in [0.2, 0.25) is 5.91 Å². The van der Waals surface area contributed by atoms with E-state index in [2.05, 4.69) is 6.92 Å². The highest BCUT2D eigenvalue weighted by molar-refractivity contribution is 5.88. The van der Waals surface area contributed by atoms with E-state index in [1.54, 1.807) is 6.92 Å². The molecule has 3 nitrogen and oxygen atoms in total. The number of nitrogens with zero attached hydrogens (tertiary/aromatic N) is 1. The predicted octanol–water partition coefficient (Wildman–Crippen LogP) is 4.73. The molecule has 1 aliphatic carbocycles. The summed E-state index contributed by atoms with van der Waals surface area (Å²) in [5, 5.41) is 0. The van der Waals surface area contributed by atoms with Crippen molar-refractivity contribution >= 4 is 11.7 Å². The molecule has 2 fully saturated rings. The summed E-state index contributed by atoms with van der Waals surface area (Å²) in [7, 11) is 0. The highest BCUT2D eigenvalue weighted by Gasteiger charge is 2.34. The van der Waals surface area contributed by atoms with Gasteiger partial charge < -0.3 is 4.90 Å². The molecule has 1 heterocycles. The van der Waals surface area contributed by atoms with Crippen LogP contribution in [0.4, 0.5) is 0 Å². The maximum absolute atomic E-state index is 12.2. The van der Waals surface area contributed by atoms with Gasteiger partial charge in [-0.25, -0.2) is 0 Å². The first-order valence-corrected chi connectivity index (χ1v) is 9.93. The minimum atomic E-state index is -0.128. The molecule has 2 aliphatic rings. The number of Topliss-reactive ketones (excluding diaryl/α,β-unsaturated/α-hetero) is 1. The van der Waals surface area contributed by atoms with E-state index in [0.717, 1.165) is 44.1 Å². The molecule has 3 heteroatoms. The van der Waals surface area contributed by atoms with Gasteiger partial charge in [0.25, 0.3) is 0 Å². The van der Waals surface area contributed by atoms with E-state index >= 15 is 0 Å². The third kappa shape index (κ3) is 5.93. The van der Waals surface area contributed by atoms with Gasteiger partial charge >= 0.3 is 0 Å². The summed E-state index contributed by atoms with van der Waals surface area (Å²) < 4.78 is 0. The standard InChI is InChI=1S/C20H35NO2/c1-3-10-17-15-18(17)11-7-5-4-6-8-13-20(23)21-14-9-12-19(21)16(2)22/h17-19H,3-15H2,1-2H3/t17?,18-,19+/m1/s1. The van der Waals surface area contributed by atoms with Crippen LogP contribution in [-0.2, 0) is 9.59 Å². The summed E-state index contributed by atoms with van der Waals surface area (Å²) in [5.41, 5.74) is 0. The van der Waals surface area contributed by atoms with Gasteiger partial charge in [-0.2, -0.15) is 0 Å². The number of rotatable bonds is 11. The first-order chi connectivity index (χ1) is 11.1. The maximum Gasteiger partial charge on any atom is 0.223 e. The molecule has 0 aromatic heterocycles. The zero-order chi connectivity index (χ0) is 16.7. The van der Waals surface area contributed by atoms with Gasteiger partial charge in [0.1, 0.15) is 0 Å². The number of hydrogen-bond donors (Lipinski definition) is 0. The number of likely N-dealkylation sites (tertiary alicyclic amines) is 1. The largest absolute Gasteiger partial charge is 0.333 e. The molecule has 1 aliphatic heterocycles. The second-order valence-corrected chi connectivity index (χ2v) is 7.71. The quantitative estimate of drug-likeness (QED) is 0.516. The molecule has 132 valence electrons. The Morgan fingerprint density at radius 1 is 1.00 bits per heavy atom. The first-order valence-electron chi connectivity index (χ1n) is 9.93. The average Bonchev–Trinajstić information content (AvgIpc) is 3.07. The Hall–Kier alpha value is -0.860. The molecule has 1 amide bonds. The summed E-state index contributed by atoms with van der Waals surface area (Å²) >= 11 is 0. The number of amides is 1. The lowest BCUT2D eigenvalue weighted by Crippen LogP contribution is -2.39. The van der Waals surface area contributed by atoms with Gasteiger partial charge in [0.15, 0.2) is 5.78 Å². The van der Waals surface area contributed by atoms with Crippen molar-refractivity contribution in [3.63, 3.8) is 0 Å². The van der Waals surface area contributed by atoms with Crippen LogP contribution in [0.2, 0.25) is 0 Å². The van der Waals surface area contributed by atoms with Crippen LogP contribution in [0.15, 0.2) is 0 Å². The van der Waals surface area contributed by atoms with E-state index in [1.165, 1.54) is 44.9 Å². The van der Waals surface area contributed by atoms with Gasteiger partial charge in [0.05, 0.1) is 6.04 Å². The van der Waals surface area contributed by atoms with Gasteiger partial charge in [-0.05, 0) is 44.4 Å². The first kappa shape index (κ1) is 18.5. The summed E-state index contributed by atoms with van der Waals surface area (Å²) in [6.07, 6.45) is 14.3. The molecular formula is C20H35NO2. The van der Waals surface area contributed by atoms with Crippen molar-refractivity contribution in [2.45, 2.75) is 96.9 Å². The van der Waals surface area contributed by atoms with Crippen LogP contribution in [-0.4, -0.2) is 29.2 Å². The van der Waals surface area contributed by atoms with Crippen LogP contribution in [0.3, 0.4) is 0 Å². The lowest BCUT2D eigenvalue weighted by Gasteiger charge is -2.22. The van der Waals surface area contributed by atoms with Crippen LogP contribution >= 0.6 is 0 Å². The lowest BCUT2D eigenvalue weighted by molar-refractivity contribution is -0.137. The average molecular weight is 322 g/mol. The van der Waals surface area contributed by atoms with Crippen LogP contribution in [0.25, 0.3) is 0 Å². The molecule has 1 unspecified atom stereocenters. The summed E-state index contributed by atoms with van der Waals surface area (Å²) in [4.78, 5) is 25.6. The number of ketones is 1. The number of carbonyl (C=O) groups excluding carboxylic acids is 2. The van der Waals surface area contributed by atoms with Crippen LogP contribution in [0.5, 0.6) is 0 Å². The van der Waals surface area contributed by atoms with Crippen LogP contribution in [0.1, 0.15) is 90.9 Å². The van der Waals surface area contributed by atoms with E-state index < -0.39 is 0 Å². The fraction of sp³-hybridized carbons (Fsp3) is 0.900. The van der Waals surface area contributed by atoms with Gasteiger partial charge in [-0.15, -0.1) is 0 Å². The Labute approximate surface area is 142 Å². The maximum atomic E-state index is 12.2. The molecule has 0 spiro atoms. The second kappa shape index (κ2) is 9.44. The number of carbonyl (C=O) groups is 2. The monoisotopic (exact) mass is 321 g/mol. The van der Waals surface area contributed by atoms with Crippen molar-refractivity contribution in [2.75, 3.05) is 6.54 Å². The van der Waals surface area contributed by atoms with Crippen molar-refractivity contribution in [3.05, 3.63) is 0 Å². The Morgan fingerprint density at radius 3 is 2.43 bits per heavy atom. The van der Waals surface area contributed by atoms with E-state index in [0.29, 0.717) is 6.42 Å². The zero-order valence-corrected chi connectivity index (χ0v) is 15.2. The third-order valence-electron chi connectivity index (χ3n) is 5.74. The Bertz CT molecular complexity index is 393. The fourth-order valence-electron chi connectivity index (χ4n) is 4.23. The Balaban J connectivity index is 1.46. The summed E-state index contributed by atoms with van der Waals surface area (Å²) in [6, 6.07) is -0.128. The van der Waals surface area contributed by atoms with Gasteiger partial charge in [0, 0.05) is 13.0 Å². The van der Waals surface area contributed by atoms with E-state index in [1.807, 2.05) is 4.90 Å². The molecule has 23 heavy (non-hydrogen) atoms. The highest BCUT2D eigenvalue weighted by Crippen LogP contribution is 2.45. The van der Waals surface area contributed by atoms with Crippen molar-refractivity contribution in [1.29, 1.82) is 0 Å². The molecule has 1 saturated carbocycles. The number of hydrogen-bond acceptors (Lipinski definition) is 2. The number of unbranched alkanes of at least 4 members (excludes halogenated alkanes) is 4. The fourth-order valence-corrected chi connectivity index (χ4v) is 4.23. The van der Waals surface area contributed by atoms with Crippen molar-refractivity contribution in [3.8, 4) is 0 Å². The van der Waals surface area contributed by atoms with E-state index in [9.17, 15) is 9.59 Å². The second-order valence-electron chi connectivity index (χ2n) is 7.71. The minimum absolute atomic E-state index is 0.128. The molecule has 0 aromatic rings. The Kier molecular flexibility index (Phi) is 7.58. The normalized spacial score (nSPS) is 26.5. The Morgan fingerprint density at radius 2 is 1.70 bits per heavy atom. The predicted molar refractivity (Wildman–Crippen MR) is 94.2 cm³/mol. The van der Waals surface area contributed by atoms with E-state index in [-0.39, 0.29) is 17.7 Å². The molecule has 3 atom stereocenters. The van der Waals surface area contributed by atoms with Crippen LogP contribution < -0.4 is 0 Å². The molecule has 0 N–H and O–H groups in total. The molecule has 0 bridgehead atoms. The lowest BCUT2D eigenvalue weighted by atomic mass is 10.1. The van der Waals surface area contributed by atoms with Crippen molar-refractivity contribution in [2.24, 2.45) is 11.8 Å². The molecule has 2 rings (SSSR count). The topological polar surface area (TPSA) is 37.4 Å².